The van der Waals surface area contributed by atoms with Gasteiger partial charge in [0, 0.05) is 36.1 Å². The molecule has 0 radical (unpaired) electrons. The molecule has 5 rings (SSSR count). The van der Waals surface area contributed by atoms with Gasteiger partial charge < -0.3 is 15.0 Å². The van der Waals surface area contributed by atoms with Crippen LogP contribution in [0.2, 0.25) is 0 Å². The van der Waals surface area contributed by atoms with Crippen molar-refractivity contribution in [2.24, 2.45) is 0 Å². The van der Waals surface area contributed by atoms with Crippen LogP contribution in [0.1, 0.15) is 16.7 Å². The van der Waals surface area contributed by atoms with Gasteiger partial charge >= 0.3 is 0 Å². The highest BCUT2D eigenvalue weighted by Crippen LogP contribution is 2.36. The number of anilines is 3. The van der Waals surface area contributed by atoms with E-state index in [0.717, 1.165) is 17.7 Å². The van der Waals surface area contributed by atoms with E-state index in [0.29, 0.717) is 35.5 Å². The number of hydrogen-bond acceptors (Lipinski definition) is 6. The summed E-state index contributed by atoms with van der Waals surface area (Å²) in [5, 5.41) is 12.6. The van der Waals surface area contributed by atoms with E-state index < -0.39 is 23.2 Å². The minimum atomic E-state index is -0.877. The summed E-state index contributed by atoms with van der Waals surface area (Å²) in [6, 6.07) is 15.5. The van der Waals surface area contributed by atoms with Crippen LogP contribution >= 0.6 is 0 Å². The molecule has 1 amide bonds. The lowest BCUT2D eigenvalue weighted by molar-refractivity contribution is -0.117. The molecule has 1 aromatic heterocycles. The molecule has 0 fully saturated rings. The van der Waals surface area contributed by atoms with Crippen molar-refractivity contribution in [3.8, 4) is 23.1 Å². The molecule has 10 heteroatoms. The van der Waals surface area contributed by atoms with Crippen molar-refractivity contribution in [3.63, 3.8) is 0 Å². The van der Waals surface area contributed by atoms with E-state index >= 15 is 0 Å². The van der Waals surface area contributed by atoms with Crippen molar-refractivity contribution in [1.82, 2.24) is 9.97 Å². The van der Waals surface area contributed by atoms with Gasteiger partial charge in [-0.1, -0.05) is 18.2 Å². The Hall–Kier alpha value is -4.91. The summed E-state index contributed by atoms with van der Waals surface area (Å²) in [5.74, 6) is -2.91. The number of carbonyl (C=O) groups excluding carboxylic acids is 1. The summed E-state index contributed by atoms with van der Waals surface area (Å²) in [5.41, 5.74) is 3.04. The van der Waals surface area contributed by atoms with E-state index in [4.69, 9.17) is 4.74 Å². The molecule has 4 aromatic rings. The number of methoxy groups -OCH3 is 1. The smallest absolute Gasteiger partial charge is 0.231 e. The molecule has 3 aromatic carbocycles. The summed E-state index contributed by atoms with van der Waals surface area (Å²) >= 11 is 0. The Kier molecular flexibility index (Phi) is 6.66. The summed E-state index contributed by atoms with van der Waals surface area (Å²) in [6.07, 6.45) is 1.87. The van der Waals surface area contributed by atoms with E-state index in [2.05, 4.69) is 21.4 Å². The van der Waals surface area contributed by atoms with Gasteiger partial charge in [0.2, 0.25) is 11.9 Å². The van der Waals surface area contributed by atoms with Crippen molar-refractivity contribution >= 4 is 23.2 Å². The number of rotatable bonds is 6. The summed E-state index contributed by atoms with van der Waals surface area (Å²) < 4.78 is 46.9. The molecule has 38 heavy (non-hydrogen) atoms. The zero-order valence-electron chi connectivity index (χ0n) is 20.1. The zero-order valence-corrected chi connectivity index (χ0v) is 20.1. The number of nitriles is 1. The zero-order chi connectivity index (χ0) is 26.8. The van der Waals surface area contributed by atoms with Crippen LogP contribution in [0.5, 0.6) is 5.75 Å². The number of nitrogens with zero attached hydrogens (tertiary/aromatic N) is 4. The number of hydrogen-bond donors (Lipinski definition) is 1. The maximum Gasteiger partial charge on any atom is 0.231 e. The Bertz CT molecular complexity index is 1580. The number of nitrogens with one attached hydrogen (secondary N) is 1. The third-order valence-corrected chi connectivity index (χ3v) is 6.19. The first-order chi connectivity index (χ1) is 18.4. The Balaban J connectivity index is 1.42. The number of fused-ring (bicyclic) bond motifs is 1. The largest absolute Gasteiger partial charge is 0.491 e. The SMILES string of the molecule is COc1c(F)cc(Nc2nccc(-c3cc(C#N)c4c(c3)CCN4C(=O)Cc3ccccc3F)n2)cc1F. The summed E-state index contributed by atoms with van der Waals surface area (Å²) in [7, 11) is 1.17. The number of ether oxygens (including phenoxy) is 1. The fraction of sp³-hybridized carbons (Fsp3) is 0.143. The third kappa shape index (κ3) is 4.74. The fourth-order valence-corrected chi connectivity index (χ4v) is 4.47. The number of amides is 1. The van der Waals surface area contributed by atoms with Crippen LogP contribution in [0.3, 0.4) is 0 Å². The van der Waals surface area contributed by atoms with Crippen LogP contribution in [0.15, 0.2) is 60.8 Å². The van der Waals surface area contributed by atoms with Crippen molar-refractivity contribution in [2.45, 2.75) is 12.8 Å². The minimum Gasteiger partial charge on any atom is -0.491 e. The fourth-order valence-electron chi connectivity index (χ4n) is 4.47. The number of aromatic nitrogens is 2. The van der Waals surface area contributed by atoms with Gasteiger partial charge in [-0.2, -0.15) is 5.26 Å². The standard InChI is InChI=1S/C28H20F3N5O2/c1-38-27-22(30)13-20(14-23(27)31)34-28-33-8-6-24(35-28)18-10-17-7-9-36(26(17)19(11-18)15-32)25(37)12-16-4-2-3-5-21(16)29/h2-6,8,10-11,13-14H,7,9,12H2,1H3,(H,33,34,35). The van der Waals surface area contributed by atoms with Crippen LogP contribution < -0.4 is 15.0 Å². The molecule has 0 bridgehead atoms. The average molecular weight is 515 g/mol. The third-order valence-electron chi connectivity index (χ3n) is 6.19. The summed E-state index contributed by atoms with van der Waals surface area (Å²) in [4.78, 5) is 23.1. The highest BCUT2D eigenvalue weighted by molar-refractivity contribution is 5.98. The molecule has 1 aliphatic heterocycles. The quantitative estimate of drug-likeness (QED) is 0.374. The molecule has 0 saturated carbocycles. The van der Waals surface area contributed by atoms with E-state index in [1.54, 1.807) is 30.3 Å². The van der Waals surface area contributed by atoms with Crippen molar-refractivity contribution < 1.29 is 22.7 Å². The Morgan fingerprint density at radius 3 is 2.58 bits per heavy atom. The van der Waals surface area contributed by atoms with Crippen molar-refractivity contribution in [2.75, 3.05) is 23.9 Å². The lowest BCUT2D eigenvalue weighted by Gasteiger charge is -2.19. The Morgan fingerprint density at radius 1 is 1.11 bits per heavy atom. The monoisotopic (exact) mass is 515 g/mol. The van der Waals surface area contributed by atoms with Crippen molar-refractivity contribution in [1.29, 1.82) is 5.26 Å². The first-order valence-electron chi connectivity index (χ1n) is 11.6. The number of benzene rings is 3. The highest BCUT2D eigenvalue weighted by Gasteiger charge is 2.29. The Morgan fingerprint density at radius 2 is 1.87 bits per heavy atom. The lowest BCUT2D eigenvalue weighted by Crippen LogP contribution is -2.31. The van der Waals surface area contributed by atoms with E-state index in [-0.39, 0.29) is 29.5 Å². The predicted octanol–water partition coefficient (Wildman–Crippen LogP) is 5.32. The van der Waals surface area contributed by atoms with Crippen LogP contribution in [-0.2, 0) is 17.6 Å². The highest BCUT2D eigenvalue weighted by atomic mass is 19.1. The molecule has 1 aliphatic rings. The second-order valence-electron chi connectivity index (χ2n) is 8.57. The molecular weight excluding hydrogens is 495 g/mol. The second-order valence-corrected chi connectivity index (χ2v) is 8.57. The molecule has 0 unspecified atom stereocenters. The van der Waals surface area contributed by atoms with Crippen LogP contribution in [0, 0.1) is 28.8 Å². The first kappa shape index (κ1) is 24.8. The predicted molar refractivity (Wildman–Crippen MR) is 135 cm³/mol. The van der Waals surface area contributed by atoms with Gasteiger partial charge in [-0.05, 0) is 41.8 Å². The van der Waals surface area contributed by atoms with Crippen LogP contribution in [-0.4, -0.2) is 29.5 Å². The van der Waals surface area contributed by atoms with E-state index in [9.17, 15) is 23.2 Å². The molecular formula is C28H20F3N5O2. The van der Waals surface area contributed by atoms with Gasteiger partial charge in [0.15, 0.2) is 17.4 Å². The minimum absolute atomic E-state index is 0.0900. The molecule has 0 saturated heterocycles. The maximum absolute atomic E-state index is 14.1. The van der Waals surface area contributed by atoms with Crippen LogP contribution in [0.25, 0.3) is 11.3 Å². The van der Waals surface area contributed by atoms with Crippen LogP contribution in [0.4, 0.5) is 30.5 Å². The molecule has 0 aliphatic carbocycles. The number of halogens is 3. The van der Waals surface area contributed by atoms with Crippen molar-refractivity contribution in [3.05, 3.63) is 94.9 Å². The van der Waals surface area contributed by atoms with Gasteiger partial charge in [-0.25, -0.2) is 23.1 Å². The van der Waals surface area contributed by atoms with Gasteiger partial charge in [-0.15, -0.1) is 0 Å². The Labute approximate surface area is 216 Å². The molecule has 0 atom stereocenters. The molecule has 2 heterocycles. The van der Waals surface area contributed by atoms with Gasteiger partial charge in [-0.3, -0.25) is 4.79 Å². The topological polar surface area (TPSA) is 91.1 Å². The maximum atomic E-state index is 14.1. The van der Waals surface area contributed by atoms with Gasteiger partial charge in [0.25, 0.3) is 0 Å². The normalized spacial score (nSPS) is 12.1. The first-order valence-corrected chi connectivity index (χ1v) is 11.6. The summed E-state index contributed by atoms with van der Waals surface area (Å²) in [6.45, 7) is 0.367. The van der Waals surface area contributed by atoms with Gasteiger partial charge in [0.05, 0.1) is 30.5 Å². The van der Waals surface area contributed by atoms with E-state index in [1.807, 2.05) is 6.07 Å². The lowest BCUT2D eigenvalue weighted by atomic mass is 10.0. The van der Waals surface area contributed by atoms with Gasteiger partial charge in [0.1, 0.15) is 11.9 Å². The molecule has 0 spiro atoms. The molecule has 7 nitrogen and oxygen atoms in total. The van der Waals surface area contributed by atoms with E-state index in [1.165, 1.54) is 24.3 Å². The molecule has 190 valence electrons. The average Bonchev–Trinajstić information content (AvgIpc) is 3.34. The second kappa shape index (κ2) is 10.2. The number of carbonyl (C=O) groups is 1. The molecule has 1 N–H and O–H groups in total.